The van der Waals surface area contributed by atoms with Crippen LogP contribution in [0.1, 0.15) is 101 Å². The molecule has 2 saturated heterocycles. The lowest BCUT2D eigenvalue weighted by Gasteiger charge is -2.38. The molecule has 8 nitrogen and oxygen atoms in total. The van der Waals surface area contributed by atoms with Gasteiger partial charge in [0, 0.05) is 34.7 Å². The molecule has 3 fully saturated rings. The fourth-order valence-electron chi connectivity index (χ4n) is 7.24. The molecule has 1 saturated carbocycles. The monoisotopic (exact) mass is 662 g/mol. The number of phenols is 2. The molecular formula is C40H62N4O4+2. The zero-order chi connectivity index (χ0) is 34.7. The molecular weight excluding hydrogens is 600 g/mol. The normalized spacial score (nSPS) is 23.6. The van der Waals surface area contributed by atoms with Gasteiger partial charge in [-0.25, -0.2) is 0 Å². The van der Waals surface area contributed by atoms with E-state index in [0.29, 0.717) is 11.5 Å². The number of likely N-dealkylation sites (N-methyl/N-ethyl adjacent to an activating group) is 2. The molecule has 8 heteroatoms. The van der Waals surface area contributed by atoms with Gasteiger partial charge >= 0.3 is 0 Å². The number of benzene rings is 2. The van der Waals surface area contributed by atoms with Gasteiger partial charge in [0.25, 0.3) is 0 Å². The number of morpholine rings is 2. The molecule has 2 aromatic rings. The standard InChI is InChI=1S/C40H60N4O4/c1-39(2,3)33-21-29(37(45)31(23-33)27-43(7)13-17-47-18-14-43)25-41-35-11-9-10-12-36(35)42-26-30-22-34(40(4,5)6)24-32(38(30)46)28-44(8)15-19-48-20-16-44/h21-26,35-36H,9-20,27-28H2,1-8H3/p+2/t35-,36?/m1/s1. The lowest BCUT2D eigenvalue weighted by atomic mass is 9.84. The predicted molar refractivity (Wildman–Crippen MR) is 196 cm³/mol. The largest absolute Gasteiger partial charge is 0.507 e. The van der Waals surface area contributed by atoms with Crippen LogP contribution in [0.2, 0.25) is 0 Å². The van der Waals surface area contributed by atoms with Crippen LogP contribution < -0.4 is 0 Å². The molecule has 48 heavy (non-hydrogen) atoms. The van der Waals surface area contributed by atoms with Crippen LogP contribution >= 0.6 is 0 Å². The maximum Gasteiger partial charge on any atom is 0.133 e. The minimum atomic E-state index is -0.0597. The van der Waals surface area contributed by atoms with Gasteiger partial charge in [-0.2, -0.15) is 0 Å². The van der Waals surface area contributed by atoms with Crippen molar-refractivity contribution in [2.45, 2.75) is 103 Å². The summed E-state index contributed by atoms with van der Waals surface area (Å²) in [5, 5.41) is 23.1. The third kappa shape index (κ3) is 9.06. The summed E-state index contributed by atoms with van der Waals surface area (Å²) in [6.07, 6.45) is 7.93. The highest BCUT2D eigenvalue weighted by Crippen LogP contribution is 2.35. The zero-order valence-electron chi connectivity index (χ0n) is 31.0. The number of aliphatic imine (C=N–C) groups is 2. The van der Waals surface area contributed by atoms with Crippen molar-refractivity contribution in [3.05, 3.63) is 57.6 Å². The molecule has 1 aliphatic carbocycles. The second-order valence-electron chi connectivity index (χ2n) is 17.3. The van der Waals surface area contributed by atoms with Crippen LogP contribution in [0.3, 0.4) is 0 Å². The summed E-state index contributed by atoms with van der Waals surface area (Å²) in [6, 6.07) is 8.63. The van der Waals surface area contributed by atoms with Crippen molar-refractivity contribution < 1.29 is 28.7 Å². The van der Waals surface area contributed by atoms with Gasteiger partial charge in [-0.05, 0) is 59.1 Å². The van der Waals surface area contributed by atoms with E-state index in [2.05, 4.69) is 79.9 Å². The molecule has 0 spiro atoms. The smallest absolute Gasteiger partial charge is 0.133 e. The Morgan fingerprint density at radius 1 is 0.646 bits per heavy atom. The van der Waals surface area contributed by atoms with E-state index < -0.39 is 0 Å². The number of ether oxygens (including phenoxy) is 2. The molecule has 2 N–H and O–H groups in total. The maximum absolute atomic E-state index is 11.6. The highest BCUT2D eigenvalue weighted by atomic mass is 16.5. The van der Waals surface area contributed by atoms with Crippen LogP contribution in [-0.4, -0.2) is 110 Å². The van der Waals surface area contributed by atoms with E-state index in [1.54, 1.807) is 0 Å². The molecule has 2 heterocycles. The summed E-state index contributed by atoms with van der Waals surface area (Å²) in [6.45, 7) is 21.6. The minimum absolute atomic E-state index is 0.0187. The highest BCUT2D eigenvalue weighted by molar-refractivity contribution is 5.86. The van der Waals surface area contributed by atoms with Gasteiger partial charge in [0.1, 0.15) is 50.8 Å². The number of phenolic OH excluding ortho intramolecular Hbond substituents is 2. The van der Waals surface area contributed by atoms with Crippen LogP contribution in [-0.2, 0) is 33.4 Å². The van der Waals surface area contributed by atoms with E-state index in [-0.39, 0.29) is 22.9 Å². The van der Waals surface area contributed by atoms with Gasteiger partial charge < -0.3 is 28.7 Å². The molecule has 2 aromatic carbocycles. The highest BCUT2D eigenvalue weighted by Gasteiger charge is 2.31. The zero-order valence-corrected chi connectivity index (χ0v) is 31.0. The first-order chi connectivity index (χ1) is 22.6. The van der Waals surface area contributed by atoms with Gasteiger partial charge in [-0.3, -0.25) is 9.98 Å². The second kappa shape index (κ2) is 14.6. The average molecular weight is 663 g/mol. The van der Waals surface area contributed by atoms with Crippen molar-refractivity contribution >= 4 is 12.4 Å². The van der Waals surface area contributed by atoms with Crippen LogP contribution in [0.15, 0.2) is 34.3 Å². The van der Waals surface area contributed by atoms with Crippen LogP contribution in [0, 0.1) is 0 Å². The fourth-order valence-corrected chi connectivity index (χ4v) is 7.24. The van der Waals surface area contributed by atoms with Gasteiger partial charge in [0.2, 0.25) is 0 Å². The minimum Gasteiger partial charge on any atom is -0.507 e. The van der Waals surface area contributed by atoms with E-state index in [0.717, 1.165) is 123 Å². The summed E-state index contributed by atoms with van der Waals surface area (Å²) in [5.41, 5.74) is 5.80. The predicted octanol–water partition coefficient (Wildman–Crippen LogP) is 6.50. The van der Waals surface area contributed by atoms with E-state index in [1.165, 1.54) is 11.1 Å². The Hall–Kier alpha value is -2.78. The first-order valence-electron chi connectivity index (χ1n) is 18.2. The van der Waals surface area contributed by atoms with Crippen LogP contribution in [0.4, 0.5) is 0 Å². The first kappa shape index (κ1) is 36.5. The molecule has 2 aliphatic heterocycles. The van der Waals surface area contributed by atoms with Gasteiger partial charge in [0.15, 0.2) is 0 Å². The summed E-state index contributed by atoms with van der Waals surface area (Å²) in [4.78, 5) is 10.2. The summed E-state index contributed by atoms with van der Waals surface area (Å²) >= 11 is 0. The Kier molecular flexibility index (Phi) is 11.1. The molecule has 5 rings (SSSR count). The Bertz CT molecular complexity index is 1360. The van der Waals surface area contributed by atoms with Crippen molar-refractivity contribution in [2.75, 3.05) is 66.7 Å². The number of aromatic hydroxyl groups is 2. The van der Waals surface area contributed by atoms with Gasteiger partial charge in [-0.1, -0.05) is 54.4 Å². The molecule has 0 bridgehead atoms. The average Bonchev–Trinajstić information content (AvgIpc) is 3.01. The number of rotatable bonds is 8. The van der Waals surface area contributed by atoms with E-state index in [9.17, 15) is 10.2 Å². The molecule has 264 valence electrons. The van der Waals surface area contributed by atoms with Gasteiger partial charge in [0.05, 0.1) is 52.6 Å². The molecule has 0 radical (unpaired) electrons. The Balaban J connectivity index is 1.42. The topological polar surface area (TPSA) is 83.6 Å². The number of quaternary nitrogens is 2. The molecule has 0 amide bonds. The summed E-state index contributed by atoms with van der Waals surface area (Å²) in [7, 11) is 4.51. The SMILES string of the molecule is CC(C)(C)c1cc(C=NC2CCCC[C@H]2N=Cc2cc(C(C)(C)C)cc(C[N+]3(C)CCOCC3)c2O)c(O)c(C[N+]2(C)CCOCC2)c1. The van der Waals surface area contributed by atoms with Crippen molar-refractivity contribution in [1.82, 2.24) is 0 Å². The van der Waals surface area contributed by atoms with Crippen molar-refractivity contribution in [3.8, 4) is 11.5 Å². The second-order valence-corrected chi connectivity index (χ2v) is 17.3. The molecule has 1 unspecified atom stereocenters. The molecule has 3 aliphatic rings. The van der Waals surface area contributed by atoms with Crippen LogP contribution in [0.5, 0.6) is 11.5 Å². The van der Waals surface area contributed by atoms with E-state index in [1.807, 2.05) is 12.4 Å². The quantitative estimate of drug-likeness (QED) is 0.250. The third-order valence-electron chi connectivity index (χ3n) is 10.9. The van der Waals surface area contributed by atoms with Gasteiger partial charge in [-0.15, -0.1) is 0 Å². The Morgan fingerprint density at radius 3 is 1.33 bits per heavy atom. The first-order valence-corrected chi connectivity index (χ1v) is 18.2. The summed E-state index contributed by atoms with van der Waals surface area (Å²) in [5.74, 6) is 0.669. The van der Waals surface area contributed by atoms with E-state index in [4.69, 9.17) is 19.5 Å². The maximum atomic E-state index is 11.6. The van der Waals surface area contributed by atoms with Crippen molar-refractivity contribution in [2.24, 2.45) is 9.98 Å². The number of hydrogen-bond acceptors (Lipinski definition) is 6. The lowest BCUT2D eigenvalue weighted by molar-refractivity contribution is -0.929. The van der Waals surface area contributed by atoms with E-state index >= 15 is 0 Å². The summed E-state index contributed by atoms with van der Waals surface area (Å²) < 4.78 is 13.0. The fraction of sp³-hybridized carbons (Fsp3) is 0.650. The van der Waals surface area contributed by atoms with Crippen molar-refractivity contribution in [3.63, 3.8) is 0 Å². The van der Waals surface area contributed by atoms with Crippen molar-refractivity contribution in [1.29, 1.82) is 0 Å². The Morgan fingerprint density at radius 2 is 1.00 bits per heavy atom. The molecule has 0 aromatic heterocycles. The third-order valence-corrected chi connectivity index (χ3v) is 10.9. The number of hydrogen-bond donors (Lipinski definition) is 2. The van der Waals surface area contributed by atoms with Crippen LogP contribution in [0.25, 0.3) is 0 Å². The Labute approximate surface area is 289 Å². The lowest BCUT2D eigenvalue weighted by Crippen LogP contribution is -2.51. The molecule has 2 atom stereocenters. The number of nitrogens with zero attached hydrogens (tertiary/aromatic N) is 4.